The van der Waals surface area contributed by atoms with E-state index in [1.54, 1.807) is 0 Å². The Labute approximate surface area is 55.4 Å². The first-order chi connectivity index (χ1) is 4.45. The second kappa shape index (κ2) is 1.34. The van der Waals surface area contributed by atoms with Gasteiger partial charge in [-0.15, -0.1) is 0 Å². The molecule has 1 saturated heterocycles. The van der Waals surface area contributed by atoms with Gasteiger partial charge in [0.15, 0.2) is 0 Å². The van der Waals surface area contributed by atoms with Crippen molar-refractivity contribution in [2.24, 2.45) is 11.8 Å². The normalized spacial score (nSPS) is 61.3. The Bertz CT molecular complexity index is 144. The van der Waals surface area contributed by atoms with Gasteiger partial charge in [0.25, 0.3) is 0 Å². The van der Waals surface area contributed by atoms with Crippen molar-refractivity contribution in [2.45, 2.75) is 37.9 Å². The predicted molar refractivity (Wildman–Crippen MR) is 34.1 cm³/mol. The van der Waals surface area contributed by atoms with Crippen molar-refractivity contribution in [1.82, 2.24) is 0 Å². The van der Waals surface area contributed by atoms with E-state index in [9.17, 15) is 0 Å². The van der Waals surface area contributed by atoms with E-state index in [0.717, 1.165) is 24.0 Å². The molecule has 1 heteroatoms. The van der Waals surface area contributed by atoms with Gasteiger partial charge in [0, 0.05) is 0 Å². The number of hydrogen-bond donors (Lipinski definition) is 0. The summed E-state index contributed by atoms with van der Waals surface area (Å²) in [7, 11) is 0. The van der Waals surface area contributed by atoms with E-state index in [0.29, 0.717) is 0 Å². The van der Waals surface area contributed by atoms with E-state index >= 15 is 0 Å². The quantitative estimate of drug-likeness (QED) is 0.446. The van der Waals surface area contributed by atoms with Crippen LogP contribution in [0.15, 0.2) is 0 Å². The van der Waals surface area contributed by atoms with Crippen molar-refractivity contribution >= 4 is 0 Å². The largest absolute Gasteiger partial charge is 0.369 e. The second-order valence-electron chi connectivity index (χ2n) is 3.73. The van der Waals surface area contributed by atoms with E-state index in [1.165, 1.54) is 25.7 Å². The van der Waals surface area contributed by atoms with Gasteiger partial charge in [-0.1, -0.05) is 6.42 Å². The molecule has 0 N–H and O–H groups in total. The van der Waals surface area contributed by atoms with Crippen molar-refractivity contribution in [3.8, 4) is 0 Å². The summed E-state index contributed by atoms with van der Waals surface area (Å²) >= 11 is 0. The highest BCUT2D eigenvalue weighted by Crippen LogP contribution is 2.53. The number of rotatable bonds is 0. The Hall–Kier alpha value is -0.0400. The second-order valence-corrected chi connectivity index (χ2v) is 3.73. The molecule has 0 aromatic heterocycles. The monoisotopic (exact) mass is 124 g/mol. The van der Waals surface area contributed by atoms with Gasteiger partial charge in [-0.25, -0.2) is 0 Å². The zero-order valence-corrected chi connectivity index (χ0v) is 5.55. The van der Waals surface area contributed by atoms with Crippen molar-refractivity contribution in [3.63, 3.8) is 0 Å². The molecule has 0 aromatic carbocycles. The first-order valence-electron chi connectivity index (χ1n) is 4.10. The molecule has 1 nitrogen and oxygen atoms in total. The SMILES string of the molecule is C1C[C@@H]2C[C@@H]3O[C@@H]3[C@@H]2C1. The molecule has 3 aliphatic rings. The Kier molecular flexibility index (Phi) is 0.704. The highest BCUT2D eigenvalue weighted by Gasteiger charge is 2.56. The first-order valence-corrected chi connectivity index (χ1v) is 4.10. The molecular formula is C8H12O. The summed E-state index contributed by atoms with van der Waals surface area (Å²) in [6, 6.07) is 0. The number of ether oxygens (including phenoxy) is 1. The minimum absolute atomic E-state index is 0.722. The van der Waals surface area contributed by atoms with Crippen LogP contribution in [-0.2, 0) is 4.74 Å². The van der Waals surface area contributed by atoms with Crippen LogP contribution in [0.2, 0.25) is 0 Å². The lowest BCUT2D eigenvalue weighted by molar-refractivity contribution is 0.225. The molecule has 2 saturated carbocycles. The van der Waals surface area contributed by atoms with Crippen LogP contribution in [0.4, 0.5) is 0 Å². The van der Waals surface area contributed by atoms with Crippen molar-refractivity contribution in [1.29, 1.82) is 0 Å². The van der Waals surface area contributed by atoms with Crippen LogP contribution < -0.4 is 0 Å². The molecule has 3 rings (SSSR count). The highest BCUT2D eigenvalue weighted by atomic mass is 16.6. The summed E-state index contributed by atoms with van der Waals surface area (Å²) < 4.78 is 5.47. The minimum Gasteiger partial charge on any atom is -0.369 e. The summed E-state index contributed by atoms with van der Waals surface area (Å²) in [6.45, 7) is 0. The van der Waals surface area contributed by atoms with Gasteiger partial charge < -0.3 is 4.74 Å². The number of fused-ring (bicyclic) bond motifs is 3. The molecule has 0 radical (unpaired) electrons. The lowest BCUT2D eigenvalue weighted by atomic mass is 10.00. The molecule has 9 heavy (non-hydrogen) atoms. The average molecular weight is 124 g/mol. The highest BCUT2D eigenvalue weighted by molar-refractivity contribution is 5.04. The van der Waals surface area contributed by atoms with Gasteiger partial charge in [0.2, 0.25) is 0 Å². The molecule has 1 aliphatic heterocycles. The van der Waals surface area contributed by atoms with E-state index < -0.39 is 0 Å². The van der Waals surface area contributed by atoms with Gasteiger partial charge in [0.05, 0.1) is 12.2 Å². The molecule has 1 heterocycles. The molecule has 0 spiro atoms. The maximum Gasteiger partial charge on any atom is 0.0872 e. The molecule has 0 amide bonds. The van der Waals surface area contributed by atoms with Gasteiger partial charge >= 0.3 is 0 Å². The molecule has 0 aromatic rings. The Morgan fingerprint density at radius 2 is 2.22 bits per heavy atom. The number of epoxide rings is 1. The van der Waals surface area contributed by atoms with Crippen molar-refractivity contribution in [2.75, 3.05) is 0 Å². The number of hydrogen-bond acceptors (Lipinski definition) is 1. The summed E-state index contributed by atoms with van der Waals surface area (Å²) in [5.74, 6) is 2.07. The standard InChI is InChI=1S/C8H12O/c1-2-5-4-7-8(9-7)6(5)3-1/h5-8H,1-4H2/t5-,6-,7+,8-/m1/s1. The molecule has 0 bridgehead atoms. The van der Waals surface area contributed by atoms with E-state index in [1.807, 2.05) is 0 Å². The summed E-state index contributed by atoms with van der Waals surface area (Å²) in [5.41, 5.74) is 0. The molecule has 50 valence electrons. The summed E-state index contributed by atoms with van der Waals surface area (Å²) in [4.78, 5) is 0. The summed E-state index contributed by atoms with van der Waals surface area (Å²) in [6.07, 6.45) is 7.29. The third kappa shape index (κ3) is 0.493. The average Bonchev–Trinajstić information content (AvgIpc) is 2.38. The van der Waals surface area contributed by atoms with Crippen LogP contribution in [0.5, 0.6) is 0 Å². The van der Waals surface area contributed by atoms with Crippen LogP contribution in [0.3, 0.4) is 0 Å². The predicted octanol–water partition coefficient (Wildman–Crippen LogP) is 1.57. The van der Waals surface area contributed by atoms with Gasteiger partial charge in [-0.3, -0.25) is 0 Å². The molecular weight excluding hydrogens is 112 g/mol. The fourth-order valence-corrected chi connectivity index (χ4v) is 2.81. The Balaban J connectivity index is 1.88. The first kappa shape index (κ1) is 4.73. The van der Waals surface area contributed by atoms with Gasteiger partial charge in [-0.2, -0.15) is 0 Å². The molecule has 0 unspecified atom stereocenters. The lowest BCUT2D eigenvalue weighted by Gasteiger charge is -2.09. The maximum atomic E-state index is 5.47. The van der Waals surface area contributed by atoms with E-state index in [4.69, 9.17) is 4.74 Å². The van der Waals surface area contributed by atoms with Crippen molar-refractivity contribution in [3.05, 3.63) is 0 Å². The minimum atomic E-state index is 0.722. The zero-order valence-electron chi connectivity index (χ0n) is 5.55. The third-order valence-electron chi connectivity index (χ3n) is 3.30. The maximum absolute atomic E-state index is 5.47. The van der Waals surface area contributed by atoms with E-state index in [2.05, 4.69) is 0 Å². The summed E-state index contributed by atoms with van der Waals surface area (Å²) in [5, 5.41) is 0. The van der Waals surface area contributed by atoms with Gasteiger partial charge in [-0.05, 0) is 31.1 Å². The smallest absolute Gasteiger partial charge is 0.0872 e. The van der Waals surface area contributed by atoms with Crippen LogP contribution in [0, 0.1) is 11.8 Å². The topological polar surface area (TPSA) is 12.5 Å². The fourth-order valence-electron chi connectivity index (χ4n) is 2.81. The Morgan fingerprint density at radius 3 is 3.11 bits per heavy atom. The van der Waals surface area contributed by atoms with Crippen LogP contribution >= 0.6 is 0 Å². The van der Waals surface area contributed by atoms with Crippen LogP contribution in [0.1, 0.15) is 25.7 Å². The van der Waals surface area contributed by atoms with Crippen molar-refractivity contribution < 1.29 is 4.74 Å². The zero-order chi connectivity index (χ0) is 5.84. The third-order valence-corrected chi connectivity index (χ3v) is 3.30. The van der Waals surface area contributed by atoms with Gasteiger partial charge in [0.1, 0.15) is 0 Å². The molecule has 3 fully saturated rings. The van der Waals surface area contributed by atoms with E-state index in [-0.39, 0.29) is 0 Å². The molecule has 2 aliphatic carbocycles. The van der Waals surface area contributed by atoms with Crippen LogP contribution in [-0.4, -0.2) is 12.2 Å². The van der Waals surface area contributed by atoms with Crippen LogP contribution in [0.25, 0.3) is 0 Å². The fraction of sp³-hybridized carbons (Fsp3) is 1.00. The molecule has 4 atom stereocenters. The lowest BCUT2D eigenvalue weighted by Crippen LogP contribution is -2.06. The Morgan fingerprint density at radius 1 is 1.22 bits per heavy atom.